The van der Waals surface area contributed by atoms with E-state index in [-0.39, 0.29) is 6.42 Å². The van der Waals surface area contributed by atoms with Crippen LogP contribution in [0.2, 0.25) is 0 Å². The molecule has 0 aliphatic carbocycles. The van der Waals surface area contributed by atoms with Crippen molar-refractivity contribution in [3.8, 4) is 0 Å². The number of carbonyl (C=O) groups excluding carboxylic acids is 1. The van der Waals surface area contributed by atoms with Crippen LogP contribution in [0.1, 0.15) is 264 Å². The minimum atomic E-state index is -1.66. The predicted molar refractivity (Wildman–Crippen MR) is 270 cm³/mol. The monoisotopic (exact) mass is 942 g/mol. The van der Waals surface area contributed by atoms with Crippen LogP contribution in [0.4, 0.5) is 0 Å². The van der Waals surface area contributed by atoms with Crippen molar-refractivity contribution in [1.82, 2.24) is 5.32 Å². The van der Waals surface area contributed by atoms with Gasteiger partial charge < -0.3 is 50.5 Å². The Hall–Kier alpha value is -1.15. The van der Waals surface area contributed by atoms with Crippen molar-refractivity contribution < 1.29 is 50.0 Å². The van der Waals surface area contributed by atoms with E-state index in [9.17, 15) is 40.5 Å². The molecule has 0 saturated carbocycles. The van der Waals surface area contributed by atoms with Gasteiger partial charge in [0.2, 0.25) is 5.91 Å². The molecule has 1 amide bonds. The maximum Gasteiger partial charge on any atom is 0.249 e. The van der Waals surface area contributed by atoms with E-state index < -0.39 is 74.2 Å². The lowest BCUT2D eigenvalue weighted by molar-refractivity contribution is -0.303. The highest BCUT2D eigenvalue weighted by Gasteiger charge is 2.44. The van der Waals surface area contributed by atoms with E-state index >= 15 is 0 Å². The standard InChI is InChI=1S/C55H107NO10/c1-3-5-7-9-11-13-15-17-19-21-22-23-24-25-26-27-29-30-32-34-36-38-40-42-47(58)50(60)46(45-65-55-53(63)52(62)51(61)49(44-57)66-55)56-54(64)48(59)43-41-39-37-35-33-31-28-20-18-16-14-12-10-8-6-4-2/h18,20,46-53,55,57-63H,3-17,19,21-45H2,1-2H3,(H,56,64)/b20-18-. The zero-order valence-corrected chi connectivity index (χ0v) is 42.7. The number of carbonyl (C=O) groups is 1. The van der Waals surface area contributed by atoms with Crippen molar-refractivity contribution in [1.29, 1.82) is 0 Å². The molecule has 9 atom stereocenters. The summed E-state index contributed by atoms with van der Waals surface area (Å²) >= 11 is 0. The quantitative estimate of drug-likeness (QED) is 0.0215. The molecule has 66 heavy (non-hydrogen) atoms. The number of allylic oxidation sites excluding steroid dienone is 2. The van der Waals surface area contributed by atoms with Crippen molar-refractivity contribution in [3.63, 3.8) is 0 Å². The van der Waals surface area contributed by atoms with Gasteiger partial charge in [0.15, 0.2) is 6.29 Å². The fourth-order valence-electron chi connectivity index (χ4n) is 9.20. The number of aliphatic hydroxyl groups excluding tert-OH is 7. The van der Waals surface area contributed by atoms with Crippen molar-refractivity contribution in [2.45, 2.75) is 319 Å². The van der Waals surface area contributed by atoms with Crippen molar-refractivity contribution in [2.24, 2.45) is 0 Å². The fourth-order valence-corrected chi connectivity index (χ4v) is 9.20. The molecule has 0 radical (unpaired) electrons. The number of ether oxygens (including phenoxy) is 2. The van der Waals surface area contributed by atoms with Crippen molar-refractivity contribution in [3.05, 3.63) is 12.2 Å². The molecule has 11 heteroatoms. The summed E-state index contributed by atoms with van der Waals surface area (Å²) in [5.41, 5.74) is 0. The summed E-state index contributed by atoms with van der Waals surface area (Å²) in [6, 6.07) is -1.17. The normalized spacial score (nSPS) is 20.8. The van der Waals surface area contributed by atoms with Crippen LogP contribution < -0.4 is 5.32 Å². The average Bonchev–Trinajstić information content (AvgIpc) is 3.32. The molecule has 8 N–H and O–H groups in total. The van der Waals surface area contributed by atoms with E-state index in [1.807, 2.05) is 0 Å². The molecule has 1 heterocycles. The Bertz CT molecular complexity index is 1080. The molecular weight excluding hydrogens is 835 g/mol. The van der Waals surface area contributed by atoms with E-state index in [1.54, 1.807) is 0 Å². The van der Waals surface area contributed by atoms with Gasteiger partial charge in [-0.2, -0.15) is 0 Å². The van der Waals surface area contributed by atoms with Crippen molar-refractivity contribution in [2.75, 3.05) is 13.2 Å². The lowest BCUT2D eigenvalue weighted by Gasteiger charge is -2.40. The second-order valence-corrected chi connectivity index (χ2v) is 20.0. The van der Waals surface area contributed by atoms with Gasteiger partial charge in [0.25, 0.3) is 0 Å². The van der Waals surface area contributed by atoms with Gasteiger partial charge in [-0.25, -0.2) is 0 Å². The minimum absolute atomic E-state index is 0.255. The third kappa shape index (κ3) is 33.4. The Morgan fingerprint density at radius 1 is 0.515 bits per heavy atom. The Morgan fingerprint density at radius 3 is 1.27 bits per heavy atom. The molecule has 0 aromatic rings. The first-order chi connectivity index (χ1) is 32.2. The molecule has 1 saturated heterocycles. The highest BCUT2D eigenvalue weighted by Crippen LogP contribution is 2.23. The lowest BCUT2D eigenvalue weighted by Crippen LogP contribution is -2.60. The summed E-state index contributed by atoms with van der Waals surface area (Å²) in [5, 5.41) is 76.1. The number of hydrogen-bond donors (Lipinski definition) is 8. The van der Waals surface area contributed by atoms with Crippen LogP contribution in [-0.4, -0.2) is 110 Å². The van der Waals surface area contributed by atoms with Crippen LogP contribution in [-0.2, 0) is 14.3 Å². The van der Waals surface area contributed by atoms with Gasteiger partial charge in [0.1, 0.15) is 36.6 Å². The average molecular weight is 942 g/mol. The number of unbranched alkanes of at least 4 members (excludes halogenated alkanes) is 34. The van der Waals surface area contributed by atoms with Crippen LogP contribution in [0, 0.1) is 0 Å². The number of rotatable bonds is 48. The van der Waals surface area contributed by atoms with Crippen LogP contribution in [0.5, 0.6) is 0 Å². The van der Waals surface area contributed by atoms with Gasteiger partial charge in [0, 0.05) is 0 Å². The molecule has 1 rings (SSSR count). The van der Waals surface area contributed by atoms with Crippen LogP contribution in [0.25, 0.3) is 0 Å². The Labute approximate surface area is 404 Å². The molecule has 11 nitrogen and oxygen atoms in total. The highest BCUT2D eigenvalue weighted by atomic mass is 16.7. The van der Waals surface area contributed by atoms with E-state index in [4.69, 9.17) is 9.47 Å². The first-order valence-electron chi connectivity index (χ1n) is 28.1. The molecule has 0 aromatic carbocycles. The zero-order chi connectivity index (χ0) is 48.3. The van der Waals surface area contributed by atoms with Crippen LogP contribution in [0.3, 0.4) is 0 Å². The summed E-state index contributed by atoms with van der Waals surface area (Å²) in [6.07, 6.45) is 39.7. The highest BCUT2D eigenvalue weighted by molar-refractivity contribution is 5.80. The maximum absolute atomic E-state index is 13.1. The van der Waals surface area contributed by atoms with Gasteiger partial charge in [-0.05, 0) is 38.5 Å². The first-order valence-corrected chi connectivity index (χ1v) is 28.1. The molecule has 1 fully saturated rings. The zero-order valence-electron chi connectivity index (χ0n) is 42.7. The molecule has 1 aliphatic heterocycles. The lowest BCUT2D eigenvalue weighted by atomic mass is 9.98. The van der Waals surface area contributed by atoms with E-state index in [2.05, 4.69) is 31.3 Å². The minimum Gasteiger partial charge on any atom is -0.394 e. The second kappa shape index (κ2) is 45.0. The van der Waals surface area contributed by atoms with E-state index in [0.717, 1.165) is 51.4 Å². The third-order valence-electron chi connectivity index (χ3n) is 13.8. The number of amides is 1. The van der Waals surface area contributed by atoms with Gasteiger partial charge in [-0.3, -0.25) is 4.79 Å². The smallest absolute Gasteiger partial charge is 0.249 e. The topological polar surface area (TPSA) is 189 Å². The number of aliphatic hydroxyl groups is 7. The Balaban J connectivity index is 2.32. The summed E-state index contributed by atoms with van der Waals surface area (Å²) in [5.74, 6) is -0.698. The molecule has 0 spiro atoms. The molecule has 1 aliphatic rings. The molecule has 9 unspecified atom stereocenters. The molecular formula is C55H107NO10. The summed E-state index contributed by atoms with van der Waals surface area (Å²) in [4.78, 5) is 13.1. The number of hydrogen-bond acceptors (Lipinski definition) is 10. The van der Waals surface area contributed by atoms with Gasteiger partial charge in [-0.15, -0.1) is 0 Å². The predicted octanol–water partition coefficient (Wildman–Crippen LogP) is 11.2. The molecule has 392 valence electrons. The SMILES string of the molecule is CCCCCCCC/C=C\CCCCCCCCC(O)C(=O)NC(COC1OC(CO)C(O)C(O)C1O)C(O)C(O)CCCCCCCCCCCCCCCCCCCCCCCCC. The van der Waals surface area contributed by atoms with E-state index in [1.165, 1.54) is 173 Å². The summed E-state index contributed by atoms with van der Waals surface area (Å²) in [7, 11) is 0. The van der Waals surface area contributed by atoms with Crippen LogP contribution >= 0.6 is 0 Å². The largest absolute Gasteiger partial charge is 0.394 e. The summed E-state index contributed by atoms with van der Waals surface area (Å²) < 4.78 is 11.1. The van der Waals surface area contributed by atoms with Crippen LogP contribution in [0.15, 0.2) is 12.2 Å². The van der Waals surface area contributed by atoms with Gasteiger partial charge in [-0.1, -0.05) is 238 Å². The molecule has 0 bridgehead atoms. The Morgan fingerprint density at radius 2 is 0.879 bits per heavy atom. The summed E-state index contributed by atoms with van der Waals surface area (Å²) in [6.45, 7) is 3.47. The van der Waals surface area contributed by atoms with Gasteiger partial charge >= 0.3 is 0 Å². The maximum atomic E-state index is 13.1. The molecule has 0 aromatic heterocycles. The fraction of sp³-hybridized carbons (Fsp3) is 0.945. The Kier molecular flexibility index (Phi) is 42.9. The van der Waals surface area contributed by atoms with E-state index in [0.29, 0.717) is 19.3 Å². The van der Waals surface area contributed by atoms with Gasteiger partial charge in [0.05, 0.1) is 25.4 Å². The second-order valence-electron chi connectivity index (χ2n) is 20.0. The number of nitrogens with one attached hydrogen (secondary N) is 1. The first kappa shape index (κ1) is 62.9. The third-order valence-corrected chi connectivity index (χ3v) is 13.8. The van der Waals surface area contributed by atoms with Crippen molar-refractivity contribution >= 4 is 5.91 Å².